The van der Waals surface area contributed by atoms with E-state index in [-0.39, 0.29) is 24.4 Å². The van der Waals surface area contributed by atoms with Crippen molar-refractivity contribution in [2.45, 2.75) is 45.7 Å². The molecule has 1 aliphatic rings. The summed E-state index contributed by atoms with van der Waals surface area (Å²) in [5.74, 6) is -0.232. The van der Waals surface area contributed by atoms with E-state index >= 15 is 0 Å². The SMILES string of the molecule is CCOC(=O)c1cc(-c2ccccc2)ccc1NC(=O)Cn1nc2n(c1=O)CCCCC2. The van der Waals surface area contributed by atoms with Gasteiger partial charge in [-0.15, -0.1) is 0 Å². The molecule has 0 aliphatic carbocycles. The Bertz CT molecular complexity index is 1180. The van der Waals surface area contributed by atoms with Gasteiger partial charge in [0.25, 0.3) is 0 Å². The molecule has 0 spiro atoms. The quantitative estimate of drug-likeness (QED) is 0.601. The monoisotopic (exact) mass is 434 g/mol. The fourth-order valence-electron chi connectivity index (χ4n) is 3.90. The van der Waals surface area contributed by atoms with Gasteiger partial charge in [0.15, 0.2) is 0 Å². The van der Waals surface area contributed by atoms with Gasteiger partial charge >= 0.3 is 11.7 Å². The number of fused-ring (bicyclic) bond motifs is 1. The van der Waals surface area contributed by atoms with Gasteiger partial charge in [-0.25, -0.2) is 14.3 Å². The van der Waals surface area contributed by atoms with E-state index in [1.165, 1.54) is 4.68 Å². The normalized spacial score (nSPS) is 13.2. The molecule has 0 radical (unpaired) electrons. The van der Waals surface area contributed by atoms with Crippen molar-refractivity contribution in [3.63, 3.8) is 0 Å². The number of amides is 1. The Morgan fingerprint density at radius 2 is 1.88 bits per heavy atom. The first-order chi connectivity index (χ1) is 15.6. The summed E-state index contributed by atoms with van der Waals surface area (Å²) in [5, 5.41) is 7.10. The molecule has 8 nitrogen and oxygen atoms in total. The van der Waals surface area contributed by atoms with Crippen LogP contribution in [0.25, 0.3) is 11.1 Å². The molecule has 2 aromatic carbocycles. The Hall–Kier alpha value is -3.68. The molecule has 4 rings (SSSR count). The van der Waals surface area contributed by atoms with Crippen LogP contribution in [0.5, 0.6) is 0 Å². The van der Waals surface area contributed by atoms with Crippen molar-refractivity contribution in [3.8, 4) is 11.1 Å². The largest absolute Gasteiger partial charge is 0.462 e. The highest BCUT2D eigenvalue weighted by molar-refractivity contribution is 6.02. The number of hydrogen-bond acceptors (Lipinski definition) is 5. The lowest BCUT2D eigenvalue weighted by Gasteiger charge is -2.12. The van der Waals surface area contributed by atoms with Gasteiger partial charge in [-0.2, -0.15) is 5.10 Å². The van der Waals surface area contributed by atoms with Gasteiger partial charge in [0.2, 0.25) is 5.91 Å². The van der Waals surface area contributed by atoms with Crippen LogP contribution in [0, 0.1) is 0 Å². The number of nitrogens with zero attached hydrogens (tertiary/aromatic N) is 3. The molecule has 0 bridgehead atoms. The second-order valence-electron chi connectivity index (χ2n) is 7.71. The topological polar surface area (TPSA) is 95.2 Å². The molecule has 1 aliphatic heterocycles. The zero-order valence-corrected chi connectivity index (χ0v) is 18.0. The molecule has 0 saturated carbocycles. The number of aromatic nitrogens is 3. The van der Waals surface area contributed by atoms with Crippen LogP contribution < -0.4 is 11.0 Å². The van der Waals surface area contributed by atoms with Gasteiger partial charge < -0.3 is 10.1 Å². The van der Waals surface area contributed by atoms with Crippen molar-refractivity contribution in [3.05, 3.63) is 70.4 Å². The highest BCUT2D eigenvalue weighted by Gasteiger charge is 2.19. The molecule has 8 heteroatoms. The summed E-state index contributed by atoms with van der Waals surface area (Å²) in [6.07, 6.45) is 3.72. The van der Waals surface area contributed by atoms with Crippen LogP contribution in [0.3, 0.4) is 0 Å². The Morgan fingerprint density at radius 3 is 2.66 bits per heavy atom. The zero-order valence-electron chi connectivity index (χ0n) is 18.0. The van der Waals surface area contributed by atoms with Crippen LogP contribution in [0.2, 0.25) is 0 Å². The minimum absolute atomic E-state index is 0.220. The third-order valence-electron chi connectivity index (χ3n) is 5.47. The van der Waals surface area contributed by atoms with Gasteiger partial charge in [0.05, 0.1) is 17.9 Å². The molecule has 2 heterocycles. The number of esters is 1. The van der Waals surface area contributed by atoms with Crippen LogP contribution in [-0.4, -0.2) is 32.8 Å². The maximum Gasteiger partial charge on any atom is 0.346 e. The average molecular weight is 434 g/mol. The maximum atomic E-state index is 12.7. The molecule has 1 aromatic heterocycles. The van der Waals surface area contributed by atoms with Crippen molar-refractivity contribution < 1.29 is 14.3 Å². The second kappa shape index (κ2) is 9.64. The molecular weight excluding hydrogens is 408 g/mol. The Balaban J connectivity index is 1.57. The predicted molar refractivity (Wildman–Crippen MR) is 121 cm³/mol. The van der Waals surface area contributed by atoms with Crippen molar-refractivity contribution >= 4 is 17.6 Å². The fraction of sp³-hybridized carbons (Fsp3) is 0.333. The Labute approximate surface area is 185 Å². The van der Waals surface area contributed by atoms with Crippen LogP contribution in [-0.2, 0) is 29.0 Å². The summed E-state index contributed by atoms with van der Waals surface area (Å²) >= 11 is 0. The van der Waals surface area contributed by atoms with Crippen LogP contribution in [0.4, 0.5) is 5.69 Å². The molecule has 3 aromatic rings. The first-order valence-electron chi connectivity index (χ1n) is 10.9. The van der Waals surface area contributed by atoms with E-state index in [0.717, 1.165) is 42.6 Å². The van der Waals surface area contributed by atoms with Gasteiger partial charge in [-0.3, -0.25) is 9.36 Å². The Morgan fingerprint density at radius 1 is 1.06 bits per heavy atom. The number of anilines is 1. The lowest BCUT2D eigenvalue weighted by Crippen LogP contribution is -2.30. The number of carbonyl (C=O) groups excluding carboxylic acids is 2. The summed E-state index contributed by atoms with van der Waals surface area (Å²) in [6.45, 7) is 2.36. The van der Waals surface area contributed by atoms with E-state index in [1.807, 2.05) is 36.4 Å². The fourth-order valence-corrected chi connectivity index (χ4v) is 3.90. The third kappa shape index (κ3) is 4.64. The van der Waals surface area contributed by atoms with Gasteiger partial charge in [-0.05, 0) is 43.0 Å². The van der Waals surface area contributed by atoms with E-state index in [9.17, 15) is 14.4 Å². The van der Waals surface area contributed by atoms with Crippen LogP contribution in [0.15, 0.2) is 53.3 Å². The van der Waals surface area contributed by atoms with Crippen molar-refractivity contribution in [1.82, 2.24) is 14.3 Å². The number of carbonyl (C=O) groups is 2. The standard InChI is InChI=1S/C24H26N4O4/c1-2-32-23(30)19-15-18(17-9-5-3-6-10-17)12-13-20(19)25-22(29)16-28-24(31)27-14-8-4-7-11-21(27)26-28/h3,5-6,9-10,12-13,15H,2,4,7-8,11,14,16H2,1H3,(H,25,29). The molecule has 1 N–H and O–H groups in total. The van der Waals surface area contributed by atoms with Gasteiger partial charge in [-0.1, -0.05) is 42.8 Å². The number of ether oxygens (including phenoxy) is 1. The maximum absolute atomic E-state index is 12.7. The smallest absolute Gasteiger partial charge is 0.346 e. The predicted octanol–water partition coefficient (Wildman–Crippen LogP) is 3.25. The van der Waals surface area contributed by atoms with Crippen molar-refractivity contribution in [1.29, 1.82) is 0 Å². The van der Waals surface area contributed by atoms with Gasteiger partial charge in [0, 0.05) is 13.0 Å². The summed E-state index contributed by atoms with van der Waals surface area (Å²) in [6, 6.07) is 14.8. The first-order valence-corrected chi connectivity index (χ1v) is 10.9. The first kappa shape index (κ1) is 21.5. The highest BCUT2D eigenvalue weighted by atomic mass is 16.5. The molecule has 0 saturated heterocycles. The second-order valence-corrected chi connectivity index (χ2v) is 7.71. The molecular formula is C24H26N4O4. The molecule has 0 fully saturated rings. The zero-order chi connectivity index (χ0) is 22.5. The third-order valence-corrected chi connectivity index (χ3v) is 5.47. The van der Waals surface area contributed by atoms with Crippen molar-refractivity contribution in [2.75, 3.05) is 11.9 Å². The lowest BCUT2D eigenvalue weighted by atomic mass is 10.0. The summed E-state index contributed by atoms with van der Waals surface area (Å²) in [5.41, 5.74) is 2.10. The van der Waals surface area contributed by atoms with E-state index in [0.29, 0.717) is 12.2 Å². The van der Waals surface area contributed by atoms with Crippen LogP contribution >= 0.6 is 0 Å². The summed E-state index contributed by atoms with van der Waals surface area (Å²) < 4.78 is 8.03. The minimum atomic E-state index is -0.522. The van der Waals surface area contributed by atoms with E-state index in [1.54, 1.807) is 23.6 Å². The van der Waals surface area contributed by atoms with Crippen LogP contribution in [0.1, 0.15) is 42.4 Å². The summed E-state index contributed by atoms with van der Waals surface area (Å²) in [7, 11) is 0. The van der Waals surface area contributed by atoms with Crippen molar-refractivity contribution in [2.24, 2.45) is 0 Å². The van der Waals surface area contributed by atoms with E-state index in [4.69, 9.17) is 4.74 Å². The lowest BCUT2D eigenvalue weighted by molar-refractivity contribution is -0.117. The minimum Gasteiger partial charge on any atom is -0.462 e. The number of aryl methyl sites for hydroxylation is 1. The summed E-state index contributed by atoms with van der Waals surface area (Å²) in [4.78, 5) is 37.9. The molecule has 1 amide bonds. The van der Waals surface area contributed by atoms with E-state index in [2.05, 4.69) is 10.4 Å². The molecule has 0 atom stereocenters. The van der Waals surface area contributed by atoms with Gasteiger partial charge in [0.1, 0.15) is 12.4 Å². The highest BCUT2D eigenvalue weighted by Crippen LogP contribution is 2.26. The molecule has 0 unspecified atom stereocenters. The Kier molecular flexibility index (Phi) is 6.49. The number of nitrogens with one attached hydrogen (secondary N) is 1. The number of benzene rings is 2. The van der Waals surface area contributed by atoms with E-state index < -0.39 is 11.9 Å². The molecule has 32 heavy (non-hydrogen) atoms. The average Bonchev–Trinajstić information content (AvgIpc) is 2.95. The molecule has 166 valence electrons. The number of hydrogen-bond donors (Lipinski definition) is 1. The number of rotatable bonds is 6.